The van der Waals surface area contributed by atoms with Crippen molar-refractivity contribution < 1.29 is 13.2 Å². The van der Waals surface area contributed by atoms with Gasteiger partial charge in [-0.15, -0.1) is 11.6 Å². The van der Waals surface area contributed by atoms with E-state index in [0.29, 0.717) is 23.1 Å². The van der Waals surface area contributed by atoms with Crippen LogP contribution < -0.4 is 0 Å². The van der Waals surface area contributed by atoms with Crippen molar-refractivity contribution in [2.75, 3.05) is 0 Å². The molecule has 1 nitrogen and oxygen atoms in total. The zero-order valence-corrected chi connectivity index (χ0v) is 11.9. The first-order valence-corrected chi connectivity index (χ1v) is 7.26. The van der Waals surface area contributed by atoms with Crippen LogP contribution in [0, 0.1) is 0 Å². The number of pyridine rings is 1. The van der Waals surface area contributed by atoms with Crippen molar-refractivity contribution in [2.45, 2.75) is 30.8 Å². The van der Waals surface area contributed by atoms with E-state index in [0.717, 1.165) is 36.2 Å². The lowest BCUT2D eigenvalue weighted by atomic mass is 10.1. The Morgan fingerprint density at radius 2 is 1.71 bits per heavy atom. The third kappa shape index (κ3) is 3.05. The molecule has 0 saturated heterocycles. The van der Waals surface area contributed by atoms with E-state index in [4.69, 9.17) is 11.6 Å². The van der Waals surface area contributed by atoms with Crippen LogP contribution in [-0.2, 0) is 12.1 Å². The quantitative estimate of drug-likeness (QED) is 0.693. The molecule has 0 unspecified atom stereocenters. The number of hydrogen-bond acceptors (Lipinski definition) is 1. The lowest BCUT2D eigenvalue weighted by molar-refractivity contribution is -0.137. The van der Waals surface area contributed by atoms with Crippen LogP contribution in [0.15, 0.2) is 36.4 Å². The van der Waals surface area contributed by atoms with Crippen molar-refractivity contribution in [3.63, 3.8) is 0 Å². The second-order valence-corrected chi connectivity index (χ2v) is 5.49. The normalized spacial score (nSPS) is 15.2. The molecule has 110 valence electrons. The van der Waals surface area contributed by atoms with Crippen LogP contribution in [0.25, 0.3) is 11.3 Å². The SMILES string of the molecule is FC(F)(F)c1ccc(-c2ccc(CCl)c(C3CC3)n2)cc1. The van der Waals surface area contributed by atoms with Gasteiger partial charge in [0.05, 0.1) is 11.3 Å². The van der Waals surface area contributed by atoms with Crippen LogP contribution in [0.1, 0.15) is 35.6 Å². The first kappa shape index (κ1) is 14.4. The van der Waals surface area contributed by atoms with Gasteiger partial charge in [-0.2, -0.15) is 13.2 Å². The molecule has 0 bridgehead atoms. The summed E-state index contributed by atoms with van der Waals surface area (Å²) in [7, 11) is 0. The van der Waals surface area contributed by atoms with Crippen molar-refractivity contribution in [1.29, 1.82) is 0 Å². The van der Waals surface area contributed by atoms with E-state index < -0.39 is 11.7 Å². The molecule has 0 spiro atoms. The van der Waals surface area contributed by atoms with Gasteiger partial charge in [-0.25, -0.2) is 0 Å². The van der Waals surface area contributed by atoms with Crippen LogP contribution >= 0.6 is 11.6 Å². The molecule has 1 fully saturated rings. The van der Waals surface area contributed by atoms with Gasteiger partial charge < -0.3 is 0 Å². The highest BCUT2D eigenvalue weighted by Gasteiger charge is 2.30. The van der Waals surface area contributed by atoms with Gasteiger partial charge in [-0.05, 0) is 36.6 Å². The summed E-state index contributed by atoms with van der Waals surface area (Å²) in [6.45, 7) is 0. The Morgan fingerprint density at radius 1 is 1.05 bits per heavy atom. The van der Waals surface area contributed by atoms with Crippen molar-refractivity contribution in [1.82, 2.24) is 4.98 Å². The van der Waals surface area contributed by atoms with Gasteiger partial charge in [0.1, 0.15) is 0 Å². The first-order valence-electron chi connectivity index (χ1n) is 6.72. The number of alkyl halides is 4. The molecule has 1 aliphatic rings. The molecule has 1 aromatic heterocycles. The molecule has 3 rings (SSSR count). The van der Waals surface area contributed by atoms with Crippen molar-refractivity contribution >= 4 is 11.6 Å². The summed E-state index contributed by atoms with van der Waals surface area (Å²) in [4.78, 5) is 4.60. The van der Waals surface area contributed by atoms with E-state index in [-0.39, 0.29) is 0 Å². The highest BCUT2D eigenvalue weighted by molar-refractivity contribution is 6.17. The number of halogens is 4. The van der Waals surface area contributed by atoms with E-state index in [1.54, 1.807) is 0 Å². The summed E-state index contributed by atoms with van der Waals surface area (Å²) < 4.78 is 37.7. The largest absolute Gasteiger partial charge is 0.416 e. The third-order valence-corrected chi connectivity index (χ3v) is 3.92. The highest BCUT2D eigenvalue weighted by atomic mass is 35.5. The summed E-state index contributed by atoms with van der Waals surface area (Å²) in [6, 6.07) is 8.82. The monoisotopic (exact) mass is 311 g/mol. The second kappa shape index (κ2) is 5.34. The van der Waals surface area contributed by atoms with Crippen molar-refractivity contribution in [2.24, 2.45) is 0 Å². The summed E-state index contributed by atoms with van der Waals surface area (Å²) in [5.41, 5.74) is 2.73. The van der Waals surface area contributed by atoms with E-state index in [9.17, 15) is 13.2 Å². The van der Waals surface area contributed by atoms with Crippen LogP contribution in [-0.4, -0.2) is 4.98 Å². The fourth-order valence-electron chi connectivity index (χ4n) is 2.32. The molecule has 5 heteroatoms. The summed E-state index contributed by atoms with van der Waals surface area (Å²) in [6.07, 6.45) is -2.10. The Labute approximate surface area is 125 Å². The molecular weight excluding hydrogens is 299 g/mol. The Balaban J connectivity index is 1.95. The standard InChI is InChI=1S/C16H13ClF3N/c17-9-12-5-8-14(21-15(12)11-1-2-11)10-3-6-13(7-4-10)16(18,19)20/h3-8,11H,1-2,9H2. The highest BCUT2D eigenvalue weighted by Crippen LogP contribution is 2.41. The van der Waals surface area contributed by atoms with Crippen LogP contribution in [0.4, 0.5) is 13.2 Å². The molecule has 0 atom stereocenters. The minimum absolute atomic E-state index is 0.409. The topological polar surface area (TPSA) is 12.9 Å². The average Bonchev–Trinajstić information content (AvgIpc) is 3.30. The molecule has 0 aliphatic heterocycles. The predicted octanol–water partition coefficient (Wildman–Crippen LogP) is 5.38. The van der Waals surface area contributed by atoms with Crippen molar-refractivity contribution in [3.8, 4) is 11.3 Å². The van der Waals surface area contributed by atoms with Crippen LogP contribution in [0.2, 0.25) is 0 Å². The molecule has 0 N–H and O–H groups in total. The van der Waals surface area contributed by atoms with Gasteiger partial charge in [0, 0.05) is 23.1 Å². The minimum atomic E-state index is -4.31. The Hall–Kier alpha value is -1.55. The molecule has 1 saturated carbocycles. The molecule has 21 heavy (non-hydrogen) atoms. The van der Waals surface area contributed by atoms with Gasteiger partial charge >= 0.3 is 6.18 Å². The number of hydrogen-bond donors (Lipinski definition) is 0. The second-order valence-electron chi connectivity index (χ2n) is 5.22. The van der Waals surface area contributed by atoms with Gasteiger partial charge in [0.15, 0.2) is 0 Å². The molecule has 2 aromatic rings. The molecule has 1 heterocycles. The van der Waals surface area contributed by atoms with Crippen LogP contribution in [0.5, 0.6) is 0 Å². The zero-order valence-electron chi connectivity index (χ0n) is 11.1. The number of nitrogens with zero attached hydrogens (tertiary/aromatic N) is 1. The summed E-state index contributed by atoms with van der Waals surface area (Å²) in [5.74, 6) is 0.861. The van der Waals surface area contributed by atoms with E-state index >= 15 is 0 Å². The maximum atomic E-state index is 12.6. The predicted molar refractivity (Wildman–Crippen MR) is 76.2 cm³/mol. The molecule has 0 radical (unpaired) electrons. The molecular formula is C16H13ClF3N. The fourth-order valence-corrected chi connectivity index (χ4v) is 2.54. The summed E-state index contributed by atoms with van der Waals surface area (Å²) >= 11 is 5.91. The lowest BCUT2D eigenvalue weighted by Crippen LogP contribution is -2.04. The van der Waals surface area contributed by atoms with E-state index in [1.807, 2.05) is 12.1 Å². The smallest absolute Gasteiger partial charge is 0.252 e. The van der Waals surface area contributed by atoms with Crippen LogP contribution in [0.3, 0.4) is 0 Å². The Morgan fingerprint density at radius 3 is 2.24 bits per heavy atom. The number of aromatic nitrogens is 1. The average molecular weight is 312 g/mol. The van der Waals surface area contributed by atoms with Crippen molar-refractivity contribution in [3.05, 3.63) is 53.2 Å². The number of rotatable bonds is 3. The fraction of sp³-hybridized carbons (Fsp3) is 0.312. The molecule has 0 amide bonds. The third-order valence-electron chi connectivity index (χ3n) is 3.63. The lowest BCUT2D eigenvalue weighted by Gasteiger charge is -2.10. The van der Waals surface area contributed by atoms with E-state index in [1.165, 1.54) is 12.1 Å². The minimum Gasteiger partial charge on any atom is -0.252 e. The van der Waals surface area contributed by atoms with E-state index in [2.05, 4.69) is 4.98 Å². The Bertz CT molecular complexity index is 646. The van der Waals surface area contributed by atoms with Gasteiger partial charge in [0.25, 0.3) is 0 Å². The Kier molecular flexibility index (Phi) is 3.66. The van der Waals surface area contributed by atoms with Gasteiger partial charge in [-0.3, -0.25) is 4.98 Å². The summed E-state index contributed by atoms with van der Waals surface area (Å²) in [5, 5.41) is 0. The molecule has 1 aromatic carbocycles. The number of benzene rings is 1. The molecule has 1 aliphatic carbocycles. The first-order chi connectivity index (χ1) is 9.99. The zero-order chi connectivity index (χ0) is 15.0. The maximum absolute atomic E-state index is 12.6. The van der Waals surface area contributed by atoms with Gasteiger partial charge in [0.2, 0.25) is 0 Å². The van der Waals surface area contributed by atoms with Gasteiger partial charge in [-0.1, -0.05) is 18.2 Å². The maximum Gasteiger partial charge on any atom is 0.416 e.